The molecule has 1 radical (unpaired) electrons. The van der Waals surface area contributed by atoms with E-state index in [2.05, 4.69) is 18.8 Å². The summed E-state index contributed by atoms with van der Waals surface area (Å²) in [6.45, 7) is 0. The van der Waals surface area contributed by atoms with Gasteiger partial charge in [0.05, 0.1) is 0 Å². The summed E-state index contributed by atoms with van der Waals surface area (Å²) in [5.41, 5.74) is 0. The van der Waals surface area contributed by atoms with Crippen LogP contribution < -0.4 is 0 Å². The fourth-order valence-electron chi connectivity index (χ4n) is 0. The number of hydrogen-bond acceptors (Lipinski definition) is 1. The number of rotatable bonds is 1. The summed E-state index contributed by atoms with van der Waals surface area (Å²) in [7, 11) is 2.50. The third-order valence-electron chi connectivity index (χ3n) is 0.333. The quantitative estimate of drug-likeness (QED) is 0.463. The van der Waals surface area contributed by atoms with Crippen LogP contribution in [0.4, 0.5) is 0 Å². The summed E-state index contributed by atoms with van der Waals surface area (Å²) < 4.78 is 0. The van der Waals surface area contributed by atoms with Crippen LogP contribution in [0.15, 0.2) is 0 Å². The lowest BCUT2D eigenvalue weighted by atomic mass is 11.9. The molecule has 0 spiro atoms. The predicted molar refractivity (Wildman–Crippen MR) is 33.0 cm³/mol. The van der Waals surface area contributed by atoms with Gasteiger partial charge < -0.3 is 0 Å². The van der Waals surface area contributed by atoms with E-state index in [-0.39, 0.29) is 0 Å². The van der Waals surface area contributed by atoms with Crippen LogP contribution in [0.3, 0.4) is 0 Å². The van der Waals surface area contributed by atoms with Crippen LogP contribution in [0.5, 0.6) is 0 Å². The molecule has 0 aromatic carbocycles. The molecule has 33 valence electrons. The minimum Gasteiger partial charge on any atom is -0.159 e. The third kappa shape index (κ3) is 4.70. The van der Waals surface area contributed by atoms with Crippen molar-refractivity contribution in [3.05, 3.63) is 0 Å². The van der Waals surface area contributed by atoms with Crippen LogP contribution in [0.1, 0.15) is 0 Å². The Morgan fingerprint density at radius 2 is 1.60 bits per heavy atom. The van der Waals surface area contributed by atoms with Crippen molar-refractivity contribution in [2.45, 2.75) is 0 Å². The summed E-state index contributed by atoms with van der Waals surface area (Å²) in [6, 6.07) is 0. The van der Waals surface area contributed by atoms with E-state index in [9.17, 15) is 0 Å². The van der Waals surface area contributed by atoms with Gasteiger partial charge in [0, 0.05) is 0 Å². The maximum absolute atomic E-state index is 2.21. The fraction of sp³-hybridized carbons (Fsp3) is 1.00. The second kappa shape index (κ2) is 2.91. The molecule has 2 heteroatoms. The van der Waals surface area contributed by atoms with Crippen molar-refractivity contribution in [2.75, 3.05) is 18.8 Å². The van der Waals surface area contributed by atoms with Crippen molar-refractivity contribution in [3.8, 4) is 0 Å². The van der Waals surface area contributed by atoms with E-state index in [4.69, 9.17) is 0 Å². The molecule has 0 bridgehead atoms. The second-order valence-electron chi connectivity index (χ2n) is 0.908. The van der Waals surface area contributed by atoms with Crippen molar-refractivity contribution >= 4 is 20.7 Å². The molecule has 0 heterocycles. The Hall–Kier alpha value is 0.700. The van der Waals surface area contributed by atoms with Gasteiger partial charge in [0.15, 0.2) is 0 Å². The highest BCUT2D eigenvalue weighted by atomic mass is 33.1. The van der Waals surface area contributed by atoms with Crippen LogP contribution in [0, 0.1) is 0 Å². The molecule has 0 aliphatic rings. The SMILES string of the molecule is CS[S](C)C. The van der Waals surface area contributed by atoms with Crippen molar-refractivity contribution in [3.63, 3.8) is 0 Å². The molecule has 0 saturated carbocycles. The maximum Gasteiger partial charge on any atom is -0.00871 e. The van der Waals surface area contributed by atoms with E-state index in [1.807, 2.05) is 10.8 Å². The Labute approximate surface area is 40.1 Å². The molecule has 0 nitrogen and oxygen atoms in total. The van der Waals surface area contributed by atoms with Crippen molar-refractivity contribution in [2.24, 2.45) is 0 Å². The first-order chi connectivity index (χ1) is 2.27. The summed E-state index contributed by atoms with van der Waals surface area (Å²) in [5.74, 6) is 0. The molecule has 0 amide bonds. The van der Waals surface area contributed by atoms with Gasteiger partial charge in [-0.3, -0.25) is 0 Å². The van der Waals surface area contributed by atoms with Crippen LogP contribution in [-0.4, -0.2) is 18.8 Å². The standard InChI is InChI=1S/C3H9S2/c1-4-5(2)3/h1-3H3. The maximum atomic E-state index is 2.21. The fourth-order valence-corrected chi connectivity index (χ4v) is 0. The molecule has 0 saturated heterocycles. The van der Waals surface area contributed by atoms with E-state index in [1.165, 1.54) is 0 Å². The van der Waals surface area contributed by atoms with Crippen molar-refractivity contribution < 1.29 is 0 Å². The van der Waals surface area contributed by atoms with E-state index in [0.717, 1.165) is 0 Å². The van der Waals surface area contributed by atoms with Crippen molar-refractivity contribution in [1.82, 2.24) is 0 Å². The molecule has 0 fully saturated rings. The van der Waals surface area contributed by atoms with Crippen LogP contribution >= 0.6 is 20.7 Å². The van der Waals surface area contributed by atoms with Crippen LogP contribution in [-0.2, 0) is 0 Å². The molecule has 0 rings (SSSR count). The molecule has 0 atom stereocenters. The molecule has 0 N–H and O–H groups in total. The Kier molecular flexibility index (Phi) is 3.32. The van der Waals surface area contributed by atoms with Gasteiger partial charge in [0.1, 0.15) is 0 Å². The summed E-state index contributed by atoms with van der Waals surface area (Å²) >= 11 is 0. The average molecular weight is 109 g/mol. The van der Waals surface area contributed by atoms with E-state index >= 15 is 0 Å². The highest BCUT2D eigenvalue weighted by Crippen LogP contribution is 2.28. The van der Waals surface area contributed by atoms with Gasteiger partial charge in [0.2, 0.25) is 0 Å². The zero-order valence-electron chi connectivity index (χ0n) is 3.82. The Balaban J connectivity index is 2.54. The first-order valence-corrected chi connectivity index (χ1v) is 5.17. The second-order valence-corrected chi connectivity index (χ2v) is 5.72. The molecule has 0 unspecified atom stereocenters. The monoisotopic (exact) mass is 109 g/mol. The van der Waals surface area contributed by atoms with E-state index in [0.29, 0.717) is 9.93 Å². The van der Waals surface area contributed by atoms with Gasteiger partial charge in [-0.1, -0.05) is 0 Å². The third-order valence-corrected chi connectivity index (χ3v) is 3.00. The van der Waals surface area contributed by atoms with Gasteiger partial charge in [-0.15, -0.1) is 10.8 Å². The lowest BCUT2D eigenvalue weighted by Gasteiger charge is -1.95. The first kappa shape index (κ1) is 5.70. The van der Waals surface area contributed by atoms with Gasteiger partial charge in [-0.2, -0.15) is 9.93 Å². The average Bonchev–Trinajstić information content (AvgIpc) is 1.38. The smallest absolute Gasteiger partial charge is 0.00871 e. The van der Waals surface area contributed by atoms with Gasteiger partial charge in [0.25, 0.3) is 0 Å². The number of hydrogen-bond donors (Lipinski definition) is 0. The largest absolute Gasteiger partial charge is 0.159 e. The van der Waals surface area contributed by atoms with Gasteiger partial charge >= 0.3 is 0 Å². The van der Waals surface area contributed by atoms with Gasteiger partial charge in [-0.05, 0) is 18.8 Å². The summed E-state index contributed by atoms with van der Waals surface area (Å²) in [5, 5.41) is 0. The molecule has 0 aliphatic carbocycles. The minimum absolute atomic E-state index is 0.594. The van der Waals surface area contributed by atoms with E-state index in [1.54, 1.807) is 0 Å². The Bertz CT molecular complexity index is 18.9. The highest BCUT2D eigenvalue weighted by Gasteiger charge is 1.75. The lowest BCUT2D eigenvalue weighted by molar-refractivity contribution is 2.34. The Morgan fingerprint density at radius 3 is 1.60 bits per heavy atom. The van der Waals surface area contributed by atoms with Gasteiger partial charge in [-0.25, -0.2) is 0 Å². The molecular weight excluding hydrogens is 100 g/mol. The molecule has 0 aliphatic heterocycles. The molecular formula is C3H9S2. The van der Waals surface area contributed by atoms with Crippen LogP contribution in [0.25, 0.3) is 0 Å². The lowest BCUT2D eigenvalue weighted by Crippen LogP contribution is -1.54. The van der Waals surface area contributed by atoms with E-state index < -0.39 is 0 Å². The minimum atomic E-state index is 0.594. The summed E-state index contributed by atoms with van der Waals surface area (Å²) in [6.07, 6.45) is 6.55. The first-order valence-electron chi connectivity index (χ1n) is 1.39. The molecule has 0 aromatic rings. The Morgan fingerprint density at radius 1 is 1.40 bits per heavy atom. The van der Waals surface area contributed by atoms with Crippen LogP contribution in [0.2, 0.25) is 0 Å². The normalized spacial score (nSPS) is 9.60. The molecule has 5 heavy (non-hydrogen) atoms. The molecule has 0 aromatic heterocycles. The highest BCUT2D eigenvalue weighted by molar-refractivity contribution is 8.84. The van der Waals surface area contributed by atoms with Crippen molar-refractivity contribution in [1.29, 1.82) is 0 Å². The summed E-state index contributed by atoms with van der Waals surface area (Å²) in [4.78, 5) is 0. The predicted octanol–water partition coefficient (Wildman–Crippen LogP) is 1.79. The topological polar surface area (TPSA) is 0 Å². The zero-order chi connectivity index (χ0) is 4.28. The zero-order valence-corrected chi connectivity index (χ0v) is 5.45.